The summed E-state index contributed by atoms with van der Waals surface area (Å²) in [4.78, 5) is 23.3. The van der Waals surface area contributed by atoms with Gasteiger partial charge in [-0.3, -0.25) is 4.79 Å². The minimum absolute atomic E-state index is 0.0764. The number of likely N-dealkylation sites (N-methyl/N-ethyl adjacent to an activating group) is 1. The number of hydrogen-bond acceptors (Lipinski definition) is 3. The third-order valence-corrected chi connectivity index (χ3v) is 2.50. The molecule has 1 aliphatic rings. The van der Waals surface area contributed by atoms with Gasteiger partial charge in [-0.2, -0.15) is 0 Å². The highest BCUT2D eigenvalue weighted by molar-refractivity contribution is 5.80. The van der Waals surface area contributed by atoms with E-state index in [-0.39, 0.29) is 18.7 Å². The van der Waals surface area contributed by atoms with Crippen LogP contribution in [0.4, 0.5) is 4.79 Å². The van der Waals surface area contributed by atoms with Crippen molar-refractivity contribution in [1.82, 2.24) is 10.2 Å². The van der Waals surface area contributed by atoms with Gasteiger partial charge in [0.2, 0.25) is 0 Å². The predicted octanol–water partition coefficient (Wildman–Crippen LogP) is 0.281. The lowest BCUT2D eigenvalue weighted by molar-refractivity contribution is -0.137. The molecule has 1 fully saturated rings. The van der Waals surface area contributed by atoms with E-state index in [9.17, 15) is 9.59 Å². The Labute approximate surface area is 94.6 Å². The van der Waals surface area contributed by atoms with Crippen LogP contribution in [0.25, 0.3) is 0 Å². The summed E-state index contributed by atoms with van der Waals surface area (Å²) in [5, 5.41) is 11.3. The fraction of sp³-hybridized carbons (Fsp3) is 0.800. The van der Waals surface area contributed by atoms with Gasteiger partial charge in [0.1, 0.15) is 6.54 Å². The molecule has 1 aliphatic heterocycles. The van der Waals surface area contributed by atoms with E-state index < -0.39 is 5.97 Å². The third kappa shape index (κ3) is 4.06. The number of ether oxygens (including phenoxy) is 1. The van der Waals surface area contributed by atoms with Crippen LogP contribution in [0.5, 0.6) is 0 Å². The van der Waals surface area contributed by atoms with Crippen LogP contribution in [0.2, 0.25) is 0 Å². The second kappa shape index (κ2) is 6.32. The van der Waals surface area contributed by atoms with Gasteiger partial charge in [0.05, 0.1) is 6.10 Å². The third-order valence-electron chi connectivity index (χ3n) is 2.50. The maximum Gasteiger partial charge on any atom is 0.323 e. The molecule has 0 aromatic heterocycles. The summed E-state index contributed by atoms with van der Waals surface area (Å²) < 4.78 is 5.35. The molecule has 16 heavy (non-hydrogen) atoms. The van der Waals surface area contributed by atoms with Crippen molar-refractivity contribution < 1.29 is 19.4 Å². The van der Waals surface area contributed by atoms with E-state index in [0.29, 0.717) is 13.1 Å². The molecule has 92 valence electrons. The van der Waals surface area contributed by atoms with Crippen LogP contribution in [0.1, 0.15) is 19.8 Å². The van der Waals surface area contributed by atoms with Crippen molar-refractivity contribution in [3.63, 3.8) is 0 Å². The van der Waals surface area contributed by atoms with E-state index in [2.05, 4.69) is 5.32 Å². The van der Waals surface area contributed by atoms with Crippen LogP contribution in [-0.2, 0) is 9.53 Å². The van der Waals surface area contributed by atoms with Gasteiger partial charge in [-0.1, -0.05) is 0 Å². The highest BCUT2D eigenvalue weighted by Crippen LogP contribution is 2.10. The van der Waals surface area contributed by atoms with Crippen LogP contribution >= 0.6 is 0 Å². The van der Waals surface area contributed by atoms with Gasteiger partial charge in [-0.15, -0.1) is 0 Å². The van der Waals surface area contributed by atoms with Crippen LogP contribution < -0.4 is 5.32 Å². The van der Waals surface area contributed by atoms with Crippen molar-refractivity contribution >= 4 is 12.0 Å². The van der Waals surface area contributed by atoms with Crippen LogP contribution in [0, 0.1) is 0 Å². The number of carbonyl (C=O) groups is 2. The van der Waals surface area contributed by atoms with Gasteiger partial charge in [-0.05, 0) is 19.8 Å². The number of carbonyl (C=O) groups excluding carboxylic acids is 1. The lowest BCUT2D eigenvalue weighted by atomic mass is 10.2. The summed E-state index contributed by atoms with van der Waals surface area (Å²) >= 11 is 0. The van der Waals surface area contributed by atoms with Gasteiger partial charge >= 0.3 is 12.0 Å². The maximum absolute atomic E-state index is 11.6. The number of carboxylic acids is 1. The Balaban J connectivity index is 2.28. The summed E-state index contributed by atoms with van der Waals surface area (Å²) in [7, 11) is 0. The van der Waals surface area contributed by atoms with Gasteiger partial charge in [0, 0.05) is 19.7 Å². The first kappa shape index (κ1) is 12.8. The average Bonchev–Trinajstić information content (AvgIpc) is 2.75. The normalized spacial score (nSPS) is 19.4. The predicted molar refractivity (Wildman–Crippen MR) is 57.3 cm³/mol. The number of aliphatic carboxylic acids is 1. The zero-order valence-electron chi connectivity index (χ0n) is 9.44. The fourth-order valence-corrected chi connectivity index (χ4v) is 1.61. The summed E-state index contributed by atoms with van der Waals surface area (Å²) in [6, 6.07) is -0.347. The first-order valence-electron chi connectivity index (χ1n) is 5.49. The highest BCUT2D eigenvalue weighted by Gasteiger charge is 2.19. The molecule has 1 atom stereocenters. The molecule has 2 amide bonds. The SMILES string of the molecule is CCN(CC(=O)O)C(=O)NCC1CCCO1. The number of hydrogen-bond donors (Lipinski definition) is 2. The van der Waals surface area contributed by atoms with Gasteiger partial charge in [0.25, 0.3) is 0 Å². The van der Waals surface area contributed by atoms with Gasteiger partial charge in [-0.25, -0.2) is 4.79 Å². The smallest absolute Gasteiger partial charge is 0.323 e. The maximum atomic E-state index is 11.6. The molecular formula is C10H18N2O4. The molecule has 0 aromatic rings. The van der Waals surface area contributed by atoms with E-state index in [4.69, 9.17) is 9.84 Å². The Morgan fingerprint density at radius 2 is 2.31 bits per heavy atom. The molecule has 1 unspecified atom stereocenters. The minimum Gasteiger partial charge on any atom is -0.480 e. The summed E-state index contributed by atoms with van der Waals surface area (Å²) in [6.07, 6.45) is 2.05. The zero-order chi connectivity index (χ0) is 12.0. The van der Waals surface area contributed by atoms with Crippen molar-refractivity contribution in [3.8, 4) is 0 Å². The van der Waals surface area contributed by atoms with E-state index in [1.165, 1.54) is 4.90 Å². The van der Waals surface area contributed by atoms with Crippen molar-refractivity contribution in [1.29, 1.82) is 0 Å². The Bertz CT molecular complexity index is 251. The lowest BCUT2D eigenvalue weighted by Crippen LogP contribution is -2.44. The molecular weight excluding hydrogens is 212 g/mol. The highest BCUT2D eigenvalue weighted by atomic mass is 16.5. The summed E-state index contributed by atoms with van der Waals surface area (Å²) in [5.41, 5.74) is 0. The van der Waals surface area contributed by atoms with Gasteiger partial charge in [0.15, 0.2) is 0 Å². The Morgan fingerprint density at radius 1 is 1.56 bits per heavy atom. The monoisotopic (exact) mass is 230 g/mol. The Kier molecular flexibility index (Phi) is 5.04. The van der Waals surface area contributed by atoms with E-state index in [1.807, 2.05) is 0 Å². The van der Waals surface area contributed by atoms with Crippen LogP contribution in [-0.4, -0.2) is 54.4 Å². The Hall–Kier alpha value is -1.30. The van der Waals surface area contributed by atoms with Crippen molar-refractivity contribution in [2.75, 3.05) is 26.2 Å². The molecule has 0 aromatic carbocycles. The molecule has 0 spiro atoms. The molecule has 6 heteroatoms. The molecule has 0 saturated carbocycles. The van der Waals surface area contributed by atoms with Gasteiger partial charge < -0.3 is 20.1 Å². The van der Waals surface area contributed by atoms with E-state index in [0.717, 1.165) is 19.4 Å². The first-order valence-corrected chi connectivity index (χ1v) is 5.49. The van der Waals surface area contributed by atoms with E-state index >= 15 is 0 Å². The van der Waals surface area contributed by atoms with Crippen LogP contribution in [0.15, 0.2) is 0 Å². The number of urea groups is 1. The number of nitrogens with zero attached hydrogens (tertiary/aromatic N) is 1. The number of amides is 2. The molecule has 0 radical (unpaired) electrons. The summed E-state index contributed by atoms with van der Waals surface area (Å²) in [5.74, 6) is -1.01. The van der Waals surface area contributed by atoms with Crippen LogP contribution in [0.3, 0.4) is 0 Å². The molecule has 1 heterocycles. The summed E-state index contributed by atoms with van der Waals surface area (Å²) in [6.45, 7) is 3.05. The molecule has 0 aliphatic carbocycles. The number of rotatable bonds is 5. The number of carboxylic acid groups (broad SMARTS) is 1. The van der Waals surface area contributed by atoms with Crippen molar-refractivity contribution in [2.45, 2.75) is 25.9 Å². The number of nitrogens with one attached hydrogen (secondary N) is 1. The van der Waals surface area contributed by atoms with E-state index in [1.54, 1.807) is 6.92 Å². The molecule has 1 saturated heterocycles. The van der Waals surface area contributed by atoms with Crippen molar-refractivity contribution in [3.05, 3.63) is 0 Å². The Morgan fingerprint density at radius 3 is 2.81 bits per heavy atom. The first-order chi connectivity index (χ1) is 7.63. The second-order valence-corrected chi connectivity index (χ2v) is 3.73. The molecule has 0 bridgehead atoms. The zero-order valence-corrected chi connectivity index (χ0v) is 9.44. The molecule has 1 rings (SSSR count). The molecule has 2 N–H and O–H groups in total. The second-order valence-electron chi connectivity index (χ2n) is 3.73. The largest absolute Gasteiger partial charge is 0.480 e. The lowest BCUT2D eigenvalue weighted by Gasteiger charge is -2.20. The average molecular weight is 230 g/mol. The minimum atomic E-state index is -1.01. The molecule has 6 nitrogen and oxygen atoms in total. The topological polar surface area (TPSA) is 78.9 Å². The standard InChI is InChI=1S/C10H18N2O4/c1-2-12(7-9(13)14)10(15)11-6-8-4-3-5-16-8/h8H,2-7H2,1H3,(H,11,15)(H,13,14). The quantitative estimate of drug-likeness (QED) is 0.711. The fourth-order valence-electron chi connectivity index (χ4n) is 1.61. The van der Waals surface area contributed by atoms with Crippen molar-refractivity contribution in [2.24, 2.45) is 0 Å².